The summed E-state index contributed by atoms with van der Waals surface area (Å²) >= 11 is 5.94. The molecule has 1 fully saturated rings. The summed E-state index contributed by atoms with van der Waals surface area (Å²) in [6.45, 7) is 3.61. The van der Waals surface area contributed by atoms with Gasteiger partial charge in [-0.1, -0.05) is 23.7 Å². The number of carbonyl (C=O) groups excluding carboxylic acids is 2. The molecule has 3 rings (SSSR count). The number of hydrogen-bond donors (Lipinski definition) is 1. The van der Waals surface area contributed by atoms with Crippen LogP contribution < -0.4 is 0 Å². The van der Waals surface area contributed by atoms with Gasteiger partial charge in [-0.25, -0.2) is 0 Å². The van der Waals surface area contributed by atoms with Crippen molar-refractivity contribution in [2.24, 2.45) is 0 Å². The van der Waals surface area contributed by atoms with Crippen molar-refractivity contribution in [2.75, 3.05) is 26.2 Å². The molecule has 1 aliphatic heterocycles. The molecule has 25 heavy (non-hydrogen) atoms. The Morgan fingerprint density at radius 1 is 0.960 bits per heavy atom. The minimum atomic E-state index is -0.215. The van der Waals surface area contributed by atoms with Crippen LogP contribution in [-0.2, 0) is 0 Å². The topological polar surface area (TPSA) is 60.9 Å². The van der Waals surface area contributed by atoms with Gasteiger partial charge in [-0.15, -0.1) is 0 Å². The van der Waals surface area contributed by atoms with Crippen molar-refractivity contribution in [1.29, 1.82) is 0 Å². The van der Waals surface area contributed by atoms with Crippen LogP contribution in [0.4, 0.5) is 0 Å². The molecule has 0 unspecified atom stereocenters. The molecule has 2 amide bonds. The third kappa shape index (κ3) is 3.77. The van der Waals surface area contributed by atoms with E-state index in [4.69, 9.17) is 11.6 Å². The fourth-order valence-electron chi connectivity index (χ4n) is 2.91. The van der Waals surface area contributed by atoms with E-state index in [1.165, 1.54) is 0 Å². The Kier molecular flexibility index (Phi) is 4.95. The van der Waals surface area contributed by atoms with E-state index in [2.05, 4.69) is 0 Å². The van der Waals surface area contributed by atoms with Gasteiger partial charge in [-0.05, 0) is 42.8 Å². The van der Waals surface area contributed by atoms with Crippen molar-refractivity contribution in [3.05, 3.63) is 64.2 Å². The zero-order valence-electron chi connectivity index (χ0n) is 13.9. The first kappa shape index (κ1) is 17.3. The van der Waals surface area contributed by atoms with Crippen LogP contribution in [0.3, 0.4) is 0 Å². The number of hydrogen-bond acceptors (Lipinski definition) is 3. The first-order valence-electron chi connectivity index (χ1n) is 8.09. The number of phenolic OH excluding ortho intramolecular Hbond substituents is 1. The molecule has 0 atom stereocenters. The van der Waals surface area contributed by atoms with Gasteiger partial charge in [0.15, 0.2) is 0 Å². The van der Waals surface area contributed by atoms with Gasteiger partial charge in [0.2, 0.25) is 0 Å². The summed E-state index contributed by atoms with van der Waals surface area (Å²) in [5.41, 5.74) is 1.73. The third-order valence-electron chi connectivity index (χ3n) is 4.31. The van der Waals surface area contributed by atoms with Crippen molar-refractivity contribution in [3.8, 4) is 5.75 Å². The van der Waals surface area contributed by atoms with Crippen LogP contribution in [0, 0.1) is 6.92 Å². The quantitative estimate of drug-likeness (QED) is 0.897. The van der Waals surface area contributed by atoms with E-state index in [9.17, 15) is 14.7 Å². The maximum absolute atomic E-state index is 12.6. The normalized spacial score (nSPS) is 14.5. The Morgan fingerprint density at radius 2 is 1.60 bits per heavy atom. The van der Waals surface area contributed by atoms with Crippen LogP contribution in [0.2, 0.25) is 5.02 Å². The Hall–Kier alpha value is -2.53. The number of aryl methyl sites for hydroxylation is 1. The van der Waals surface area contributed by atoms with E-state index in [-0.39, 0.29) is 17.6 Å². The lowest BCUT2D eigenvalue weighted by Crippen LogP contribution is -2.50. The molecule has 0 aromatic heterocycles. The van der Waals surface area contributed by atoms with Crippen molar-refractivity contribution >= 4 is 23.4 Å². The first-order chi connectivity index (χ1) is 12.0. The second kappa shape index (κ2) is 7.15. The van der Waals surface area contributed by atoms with Gasteiger partial charge in [0, 0.05) is 36.8 Å². The molecule has 0 bridgehead atoms. The molecule has 2 aromatic rings. The average molecular weight is 359 g/mol. The highest BCUT2D eigenvalue weighted by molar-refractivity contribution is 6.30. The molecule has 1 aliphatic rings. The summed E-state index contributed by atoms with van der Waals surface area (Å²) in [7, 11) is 0. The van der Waals surface area contributed by atoms with Crippen LogP contribution in [0.15, 0.2) is 42.5 Å². The molecule has 130 valence electrons. The van der Waals surface area contributed by atoms with Crippen molar-refractivity contribution < 1.29 is 14.7 Å². The molecular formula is C19H19ClN2O3. The first-order valence-corrected chi connectivity index (χ1v) is 8.47. The molecule has 0 saturated carbocycles. The molecule has 1 N–H and O–H groups in total. The number of halogens is 1. The molecule has 5 nitrogen and oxygen atoms in total. The summed E-state index contributed by atoms with van der Waals surface area (Å²) in [5, 5.41) is 10.5. The summed E-state index contributed by atoms with van der Waals surface area (Å²) in [5.74, 6) is -0.317. The second-order valence-electron chi connectivity index (χ2n) is 6.12. The van der Waals surface area contributed by atoms with E-state index < -0.39 is 0 Å². The zero-order valence-corrected chi connectivity index (χ0v) is 14.7. The molecule has 2 aromatic carbocycles. The van der Waals surface area contributed by atoms with Gasteiger partial charge in [0.05, 0.1) is 5.56 Å². The SMILES string of the molecule is Cc1ccc(C(=O)N2CCN(C(=O)c3cccc(Cl)c3)CC2)c(O)c1. The lowest BCUT2D eigenvalue weighted by molar-refractivity contribution is 0.0533. The number of amides is 2. The Bertz CT molecular complexity index is 814. The maximum atomic E-state index is 12.6. The van der Waals surface area contributed by atoms with Crippen LogP contribution in [-0.4, -0.2) is 52.9 Å². The number of aromatic hydroxyl groups is 1. The van der Waals surface area contributed by atoms with Crippen LogP contribution in [0.1, 0.15) is 26.3 Å². The van der Waals surface area contributed by atoms with Crippen LogP contribution in [0.5, 0.6) is 5.75 Å². The van der Waals surface area contributed by atoms with Crippen molar-refractivity contribution in [1.82, 2.24) is 9.80 Å². The molecule has 1 heterocycles. The number of piperazine rings is 1. The average Bonchev–Trinajstić information content (AvgIpc) is 2.61. The minimum Gasteiger partial charge on any atom is -0.507 e. The minimum absolute atomic E-state index is 0.0116. The number of rotatable bonds is 2. The summed E-state index contributed by atoms with van der Waals surface area (Å²) in [6, 6.07) is 11.9. The van der Waals surface area contributed by atoms with Gasteiger partial charge >= 0.3 is 0 Å². The predicted molar refractivity (Wildman–Crippen MR) is 96.1 cm³/mol. The largest absolute Gasteiger partial charge is 0.507 e. The van der Waals surface area contributed by atoms with Gasteiger partial charge in [-0.2, -0.15) is 0 Å². The highest BCUT2D eigenvalue weighted by Crippen LogP contribution is 2.21. The second-order valence-corrected chi connectivity index (χ2v) is 6.55. The third-order valence-corrected chi connectivity index (χ3v) is 4.54. The summed E-state index contributed by atoms with van der Waals surface area (Å²) < 4.78 is 0. The standard InChI is InChI=1S/C19H19ClN2O3/c1-13-5-6-16(17(23)11-13)19(25)22-9-7-21(8-10-22)18(24)14-3-2-4-15(20)12-14/h2-6,11-12,23H,7-10H2,1H3. The Labute approximate surface area is 151 Å². The van der Waals surface area contributed by atoms with Crippen LogP contribution in [0.25, 0.3) is 0 Å². The van der Waals surface area contributed by atoms with E-state index in [0.717, 1.165) is 5.56 Å². The monoisotopic (exact) mass is 358 g/mol. The van der Waals surface area contributed by atoms with Gasteiger partial charge in [0.25, 0.3) is 11.8 Å². The molecule has 0 radical (unpaired) electrons. The fourth-order valence-corrected chi connectivity index (χ4v) is 3.10. The number of nitrogens with zero attached hydrogens (tertiary/aromatic N) is 2. The van der Waals surface area contributed by atoms with Crippen molar-refractivity contribution in [2.45, 2.75) is 6.92 Å². The van der Waals surface area contributed by atoms with Gasteiger partial charge in [0.1, 0.15) is 5.75 Å². The van der Waals surface area contributed by atoms with Crippen molar-refractivity contribution in [3.63, 3.8) is 0 Å². The number of phenols is 1. The zero-order chi connectivity index (χ0) is 18.0. The maximum Gasteiger partial charge on any atom is 0.257 e. The summed E-state index contributed by atoms with van der Waals surface area (Å²) in [6.07, 6.45) is 0. The Morgan fingerprint density at radius 3 is 2.20 bits per heavy atom. The number of benzene rings is 2. The molecule has 0 spiro atoms. The molecule has 6 heteroatoms. The molecule has 0 aliphatic carbocycles. The fraction of sp³-hybridized carbons (Fsp3) is 0.263. The molecule has 1 saturated heterocycles. The van der Waals surface area contributed by atoms with Gasteiger partial charge in [-0.3, -0.25) is 9.59 Å². The predicted octanol–water partition coefficient (Wildman–Crippen LogP) is 2.95. The van der Waals surface area contributed by atoms with Gasteiger partial charge < -0.3 is 14.9 Å². The Balaban J connectivity index is 1.65. The van der Waals surface area contributed by atoms with E-state index in [1.807, 2.05) is 6.92 Å². The van der Waals surface area contributed by atoms with E-state index >= 15 is 0 Å². The lowest BCUT2D eigenvalue weighted by atomic mass is 10.1. The highest BCUT2D eigenvalue weighted by Gasteiger charge is 2.26. The lowest BCUT2D eigenvalue weighted by Gasteiger charge is -2.35. The van der Waals surface area contributed by atoms with E-state index in [1.54, 1.807) is 52.3 Å². The van der Waals surface area contributed by atoms with Crippen LogP contribution >= 0.6 is 11.6 Å². The summed E-state index contributed by atoms with van der Waals surface area (Å²) in [4.78, 5) is 28.5. The highest BCUT2D eigenvalue weighted by atomic mass is 35.5. The number of carbonyl (C=O) groups is 2. The smallest absolute Gasteiger partial charge is 0.257 e. The molecular weight excluding hydrogens is 340 g/mol. The van der Waals surface area contributed by atoms with E-state index in [0.29, 0.717) is 42.3 Å².